The maximum Gasteiger partial charge on any atom is 0.380 e. The smallest absolute Gasteiger partial charge is 0.371 e. The molecule has 0 fully saturated rings. The average molecular weight is 257 g/mol. The van der Waals surface area contributed by atoms with Gasteiger partial charge in [-0.15, -0.1) is 0 Å². The van der Waals surface area contributed by atoms with Gasteiger partial charge in [-0.3, -0.25) is 4.79 Å². The molecule has 2 aromatic rings. The molecule has 0 aliphatic rings. The Bertz CT molecular complexity index is 690. The van der Waals surface area contributed by atoms with Crippen molar-refractivity contribution in [2.75, 3.05) is 0 Å². The Balaban J connectivity index is 2.55. The number of benzene rings is 1. The first-order chi connectivity index (χ1) is 7.44. The van der Waals surface area contributed by atoms with Crippen molar-refractivity contribution < 1.29 is 12.6 Å². The molecule has 2 N–H and O–H groups in total. The minimum Gasteiger partial charge on any atom is -0.371 e. The number of fused-ring (bicyclic) bond motifs is 1. The molecule has 0 spiro atoms. The predicted molar refractivity (Wildman–Crippen MR) is 61.8 cm³/mol. The fraction of sp³-hybridized carbons (Fsp3) is 0. The first-order valence-electron chi connectivity index (χ1n) is 4.20. The zero-order valence-electron chi connectivity index (χ0n) is 7.91. The molecule has 0 atom stereocenters. The third-order valence-electron chi connectivity index (χ3n) is 1.81. The van der Waals surface area contributed by atoms with Crippen LogP contribution in [0.4, 0.5) is 0 Å². The number of nitrogens with two attached hydrogens (primary N) is 1. The summed E-state index contributed by atoms with van der Waals surface area (Å²) in [6.45, 7) is 0. The van der Waals surface area contributed by atoms with Crippen molar-refractivity contribution >= 4 is 31.7 Å². The van der Waals surface area contributed by atoms with E-state index in [0.29, 0.717) is 4.70 Å². The molecule has 1 aromatic carbocycles. The van der Waals surface area contributed by atoms with Crippen molar-refractivity contribution in [3.63, 3.8) is 0 Å². The van der Waals surface area contributed by atoms with Gasteiger partial charge in [0.2, 0.25) is 4.74 Å². The quantitative estimate of drug-likeness (QED) is 0.863. The molecule has 0 bridgehead atoms. The second-order valence-corrected chi connectivity index (χ2v) is 5.23. The molecule has 0 aliphatic heterocycles. The maximum absolute atomic E-state index is 11.1. The van der Waals surface area contributed by atoms with Gasteiger partial charge in [0.1, 0.15) is 5.75 Å². The highest BCUT2D eigenvalue weighted by atomic mass is 32.2. The maximum atomic E-state index is 11.1. The highest BCUT2D eigenvalue weighted by Gasteiger charge is 2.05. The van der Waals surface area contributed by atoms with E-state index in [0.717, 1.165) is 16.7 Å². The predicted octanol–water partition coefficient (Wildman–Crippen LogP) is 0.844. The van der Waals surface area contributed by atoms with E-state index >= 15 is 0 Å². The van der Waals surface area contributed by atoms with Crippen molar-refractivity contribution in [1.82, 2.24) is 0 Å². The minimum atomic E-state index is -4.03. The number of hydrogen-bond donors (Lipinski definition) is 1. The van der Waals surface area contributed by atoms with Crippen LogP contribution in [0.15, 0.2) is 35.1 Å². The highest BCUT2D eigenvalue weighted by Crippen LogP contribution is 2.22. The van der Waals surface area contributed by atoms with Gasteiger partial charge in [-0.1, -0.05) is 11.3 Å². The fourth-order valence-corrected chi connectivity index (χ4v) is 2.38. The topological polar surface area (TPSA) is 86.5 Å². The van der Waals surface area contributed by atoms with Gasteiger partial charge in [0.05, 0.1) is 0 Å². The molecule has 1 aromatic heterocycles. The highest BCUT2D eigenvalue weighted by molar-refractivity contribution is 7.84. The molecule has 16 heavy (non-hydrogen) atoms. The summed E-state index contributed by atoms with van der Waals surface area (Å²) in [4.78, 5) is 11.1. The summed E-state index contributed by atoms with van der Waals surface area (Å²) in [5.74, 6) is 0.0943. The summed E-state index contributed by atoms with van der Waals surface area (Å²) < 4.78 is 26.4. The molecular weight excluding hydrogens is 250 g/mol. The molecule has 0 saturated carbocycles. The van der Waals surface area contributed by atoms with Gasteiger partial charge in [0.25, 0.3) is 0 Å². The molecule has 0 aliphatic carbocycles. The molecule has 84 valence electrons. The Morgan fingerprint density at radius 2 is 1.88 bits per heavy atom. The third-order valence-corrected chi connectivity index (χ3v) is 3.14. The second kappa shape index (κ2) is 3.85. The van der Waals surface area contributed by atoms with Gasteiger partial charge >= 0.3 is 10.3 Å². The molecule has 2 rings (SSSR count). The Hall–Kier alpha value is -1.44. The molecule has 0 amide bonds. The first-order valence-corrected chi connectivity index (χ1v) is 6.49. The van der Waals surface area contributed by atoms with Gasteiger partial charge in [-0.2, -0.15) is 13.6 Å². The van der Waals surface area contributed by atoms with Crippen LogP contribution in [0.1, 0.15) is 0 Å². The van der Waals surface area contributed by atoms with Crippen molar-refractivity contribution in [2.24, 2.45) is 5.14 Å². The van der Waals surface area contributed by atoms with Crippen molar-refractivity contribution in [2.45, 2.75) is 0 Å². The van der Waals surface area contributed by atoms with E-state index in [-0.39, 0.29) is 10.5 Å². The Morgan fingerprint density at radius 1 is 1.19 bits per heavy atom. The summed E-state index contributed by atoms with van der Waals surface area (Å²) >= 11 is 1.01. The summed E-state index contributed by atoms with van der Waals surface area (Å²) in [5.41, 5.74) is 0. The van der Waals surface area contributed by atoms with Crippen molar-refractivity contribution in [3.05, 3.63) is 39.9 Å². The minimum absolute atomic E-state index is 0.0943. The van der Waals surface area contributed by atoms with Crippen LogP contribution >= 0.6 is 11.3 Å². The van der Waals surface area contributed by atoms with Gasteiger partial charge in [0, 0.05) is 4.70 Å². The van der Waals surface area contributed by atoms with E-state index in [1.807, 2.05) is 0 Å². The van der Waals surface area contributed by atoms with Crippen LogP contribution < -0.4 is 14.1 Å². The van der Waals surface area contributed by atoms with Crippen LogP contribution in [0.3, 0.4) is 0 Å². The second-order valence-electron chi connectivity index (χ2n) is 3.03. The number of rotatable bonds is 2. The molecular formula is C9H7NO4S2. The Kier molecular flexibility index (Phi) is 2.66. The summed E-state index contributed by atoms with van der Waals surface area (Å²) in [6.07, 6.45) is 0. The van der Waals surface area contributed by atoms with E-state index in [1.165, 1.54) is 18.2 Å². The SMILES string of the molecule is NS(=O)(=O)Oc1ccc2ccc(=O)sc2c1. The van der Waals surface area contributed by atoms with Crippen LogP contribution in [0.25, 0.3) is 10.1 Å². The molecule has 0 unspecified atom stereocenters. The molecule has 0 radical (unpaired) electrons. The summed E-state index contributed by atoms with van der Waals surface area (Å²) in [6, 6.07) is 7.71. The van der Waals surface area contributed by atoms with E-state index in [9.17, 15) is 13.2 Å². The van der Waals surface area contributed by atoms with E-state index in [2.05, 4.69) is 4.18 Å². The van der Waals surface area contributed by atoms with Gasteiger partial charge in [-0.25, -0.2) is 0 Å². The lowest BCUT2D eigenvalue weighted by molar-refractivity contribution is 0.488. The van der Waals surface area contributed by atoms with Crippen molar-refractivity contribution in [1.29, 1.82) is 0 Å². The molecule has 5 nitrogen and oxygen atoms in total. The average Bonchev–Trinajstić information content (AvgIpc) is 2.14. The molecule has 0 saturated heterocycles. The van der Waals surface area contributed by atoms with Crippen LogP contribution in [-0.2, 0) is 10.3 Å². The standard InChI is InChI=1S/C9H7NO4S2/c10-16(12,13)14-7-3-1-6-2-4-9(11)15-8(6)5-7/h1-5H,(H2,10,12,13). The van der Waals surface area contributed by atoms with Crippen LogP contribution in [0.2, 0.25) is 0 Å². The molecule has 7 heteroatoms. The first kappa shape index (κ1) is 11.1. The summed E-state index contributed by atoms with van der Waals surface area (Å²) in [5, 5.41) is 5.57. The van der Waals surface area contributed by atoms with Crippen molar-refractivity contribution in [3.8, 4) is 5.75 Å². The molecule has 1 heterocycles. The lowest BCUT2D eigenvalue weighted by Gasteiger charge is -2.02. The van der Waals surface area contributed by atoms with Crippen LogP contribution in [-0.4, -0.2) is 8.42 Å². The van der Waals surface area contributed by atoms with E-state index < -0.39 is 10.3 Å². The monoisotopic (exact) mass is 257 g/mol. The van der Waals surface area contributed by atoms with E-state index in [4.69, 9.17) is 5.14 Å². The fourth-order valence-electron chi connectivity index (χ4n) is 1.23. The van der Waals surface area contributed by atoms with E-state index in [1.54, 1.807) is 12.1 Å². The largest absolute Gasteiger partial charge is 0.380 e. The van der Waals surface area contributed by atoms with Crippen LogP contribution in [0.5, 0.6) is 5.75 Å². The van der Waals surface area contributed by atoms with Gasteiger partial charge in [-0.05, 0) is 35.7 Å². The Morgan fingerprint density at radius 3 is 2.56 bits per heavy atom. The normalized spacial score (nSPS) is 11.6. The number of hydrogen-bond acceptors (Lipinski definition) is 5. The summed E-state index contributed by atoms with van der Waals surface area (Å²) in [7, 11) is -4.03. The zero-order valence-corrected chi connectivity index (χ0v) is 9.55. The lowest BCUT2D eigenvalue weighted by Crippen LogP contribution is -2.18. The lowest BCUT2D eigenvalue weighted by atomic mass is 10.2. The third kappa shape index (κ3) is 2.57. The zero-order chi connectivity index (χ0) is 11.8. The van der Waals surface area contributed by atoms with Crippen LogP contribution in [0, 0.1) is 0 Å². The van der Waals surface area contributed by atoms with Gasteiger partial charge in [0.15, 0.2) is 0 Å². The van der Waals surface area contributed by atoms with Gasteiger partial charge < -0.3 is 4.18 Å². The Labute approximate surface area is 95.3 Å².